The number of anilines is 1. The second-order valence-corrected chi connectivity index (χ2v) is 7.78. The van der Waals surface area contributed by atoms with Gasteiger partial charge in [0.2, 0.25) is 11.0 Å². The van der Waals surface area contributed by atoms with E-state index < -0.39 is 0 Å². The van der Waals surface area contributed by atoms with Crippen molar-refractivity contribution in [2.24, 2.45) is 5.92 Å². The van der Waals surface area contributed by atoms with E-state index in [-0.39, 0.29) is 12.3 Å². The van der Waals surface area contributed by atoms with E-state index >= 15 is 0 Å². The first-order valence-corrected chi connectivity index (χ1v) is 9.48. The highest BCUT2D eigenvalue weighted by Gasteiger charge is 2.17. The molecule has 6 nitrogen and oxygen atoms in total. The van der Waals surface area contributed by atoms with Crippen LogP contribution in [0.4, 0.5) is 5.13 Å². The molecule has 3 rings (SSSR count). The average molecular weight is 369 g/mol. The molecule has 1 N–H and O–H groups in total. The number of hydrogen-bond donors (Lipinski definition) is 1. The summed E-state index contributed by atoms with van der Waals surface area (Å²) < 4.78 is 1.88. The fourth-order valence-corrected chi connectivity index (χ4v) is 3.78. The van der Waals surface area contributed by atoms with Crippen LogP contribution in [-0.2, 0) is 17.6 Å². The van der Waals surface area contributed by atoms with Gasteiger partial charge < -0.3 is 5.32 Å². The number of carbonyl (C=O) groups excluding carboxylic acids is 1. The van der Waals surface area contributed by atoms with E-state index in [4.69, 9.17) is 0 Å². The first kappa shape index (κ1) is 18.3. The van der Waals surface area contributed by atoms with Crippen molar-refractivity contribution < 1.29 is 4.79 Å². The molecule has 3 aromatic rings. The van der Waals surface area contributed by atoms with E-state index in [9.17, 15) is 4.79 Å². The third kappa shape index (κ3) is 4.16. The Morgan fingerprint density at radius 1 is 1.19 bits per heavy atom. The SMILES string of the molecule is Cc1nn(-c2ccccc2)c(C)c1CC(=O)Nc1nnc(CC(C)C)s1. The van der Waals surface area contributed by atoms with Crippen molar-refractivity contribution in [3.05, 3.63) is 52.3 Å². The zero-order chi connectivity index (χ0) is 18.7. The van der Waals surface area contributed by atoms with Crippen molar-refractivity contribution in [3.8, 4) is 5.69 Å². The topological polar surface area (TPSA) is 72.7 Å². The number of hydrogen-bond acceptors (Lipinski definition) is 5. The van der Waals surface area contributed by atoms with Crippen molar-refractivity contribution in [1.29, 1.82) is 0 Å². The van der Waals surface area contributed by atoms with Crippen LogP contribution in [0, 0.1) is 19.8 Å². The molecular weight excluding hydrogens is 346 g/mol. The maximum absolute atomic E-state index is 12.5. The standard InChI is InChI=1S/C19H23N5OS/c1-12(2)10-18-21-22-19(26-18)20-17(25)11-16-13(3)23-24(14(16)4)15-8-6-5-7-9-15/h5-9,12H,10-11H2,1-4H3,(H,20,22,25). The van der Waals surface area contributed by atoms with Crippen LogP contribution in [0.5, 0.6) is 0 Å². The smallest absolute Gasteiger partial charge is 0.230 e. The molecule has 0 aliphatic carbocycles. The molecule has 0 saturated carbocycles. The van der Waals surface area contributed by atoms with Gasteiger partial charge in [-0.2, -0.15) is 5.10 Å². The molecule has 2 heterocycles. The van der Waals surface area contributed by atoms with E-state index in [0.29, 0.717) is 11.0 Å². The lowest BCUT2D eigenvalue weighted by atomic mass is 10.1. The minimum absolute atomic E-state index is 0.101. The highest BCUT2D eigenvalue weighted by molar-refractivity contribution is 7.15. The Morgan fingerprint density at radius 3 is 2.62 bits per heavy atom. The molecule has 26 heavy (non-hydrogen) atoms. The van der Waals surface area contributed by atoms with Crippen LogP contribution >= 0.6 is 11.3 Å². The third-order valence-corrected chi connectivity index (χ3v) is 4.94. The zero-order valence-corrected chi connectivity index (χ0v) is 16.3. The van der Waals surface area contributed by atoms with Crippen LogP contribution in [-0.4, -0.2) is 25.9 Å². The largest absolute Gasteiger partial charge is 0.300 e. The first-order chi connectivity index (χ1) is 12.4. The molecule has 0 aliphatic heterocycles. The summed E-state index contributed by atoms with van der Waals surface area (Å²) in [5, 5.41) is 17.1. The summed E-state index contributed by atoms with van der Waals surface area (Å²) >= 11 is 1.44. The van der Waals surface area contributed by atoms with Crippen molar-refractivity contribution in [3.63, 3.8) is 0 Å². The number of rotatable bonds is 6. The van der Waals surface area contributed by atoms with Gasteiger partial charge in [0, 0.05) is 17.7 Å². The number of benzene rings is 1. The Kier molecular flexibility index (Phi) is 5.46. The monoisotopic (exact) mass is 369 g/mol. The maximum Gasteiger partial charge on any atom is 0.230 e. The Balaban J connectivity index is 1.72. The summed E-state index contributed by atoms with van der Waals surface area (Å²) in [5.74, 6) is 0.414. The fraction of sp³-hybridized carbons (Fsp3) is 0.368. The molecular formula is C19H23N5OS. The van der Waals surface area contributed by atoms with E-state index in [0.717, 1.165) is 34.1 Å². The second kappa shape index (κ2) is 7.78. The summed E-state index contributed by atoms with van der Waals surface area (Å²) in [5.41, 5.74) is 3.77. The van der Waals surface area contributed by atoms with Gasteiger partial charge in [0.05, 0.1) is 17.8 Å². The van der Waals surface area contributed by atoms with Crippen LogP contribution in [0.3, 0.4) is 0 Å². The molecule has 136 valence electrons. The molecule has 0 atom stereocenters. The van der Waals surface area contributed by atoms with Gasteiger partial charge in [-0.05, 0) is 31.9 Å². The first-order valence-electron chi connectivity index (χ1n) is 8.66. The summed E-state index contributed by atoms with van der Waals surface area (Å²) in [6, 6.07) is 9.92. The Bertz CT molecular complexity index is 898. The van der Waals surface area contributed by atoms with Gasteiger partial charge in [0.1, 0.15) is 5.01 Å². The summed E-state index contributed by atoms with van der Waals surface area (Å²) in [7, 11) is 0. The van der Waals surface area contributed by atoms with E-state index in [1.54, 1.807) is 0 Å². The minimum atomic E-state index is -0.101. The molecule has 1 amide bonds. The summed E-state index contributed by atoms with van der Waals surface area (Å²) in [6.07, 6.45) is 1.14. The van der Waals surface area contributed by atoms with Crippen molar-refractivity contribution in [2.75, 3.05) is 5.32 Å². The summed E-state index contributed by atoms with van der Waals surface area (Å²) in [4.78, 5) is 12.5. The number of carbonyl (C=O) groups is 1. The highest BCUT2D eigenvalue weighted by Crippen LogP contribution is 2.21. The van der Waals surface area contributed by atoms with Gasteiger partial charge in [-0.1, -0.05) is 43.4 Å². The molecule has 0 radical (unpaired) electrons. The van der Waals surface area contributed by atoms with Crippen LogP contribution in [0.15, 0.2) is 30.3 Å². The number of aryl methyl sites for hydroxylation is 1. The van der Waals surface area contributed by atoms with Crippen molar-refractivity contribution in [2.45, 2.75) is 40.5 Å². The minimum Gasteiger partial charge on any atom is -0.300 e. The number of nitrogens with one attached hydrogen (secondary N) is 1. The lowest BCUT2D eigenvalue weighted by molar-refractivity contribution is -0.115. The van der Waals surface area contributed by atoms with Crippen molar-refractivity contribution in [1.82, 2.24) is 20.0 Å². The van der Waals surface area contributed by atoms with Gasteiger partial charge in [0.25, 0.3) is 0 Å². The zero-order valence-electron chi connectivity index (χ0n) is 15.5. The molecule has 0 saturated heterocycles. The number of nitrogens with zero attached hydrogens (tertiary/aromatic N) is 4. The molecule has 0 unspecified atom stereocenters. The molecule has 0 spiro atoms. The lowest BCUT2D eigenvalue weighted by Gasteiger charge is -2.05. The molecule has 7 heteroatoms. The van der Waals surface area contributed by atoms with Gasteiger partial charge in [-0.15, -0.1) is 10.2 Å². The molecule has 0 fully saturated rings. The Hall–Kier alpha value is -2.54. The third-order valence-electron chi connectivity index (χ3n) is 4.08. The second-order valence-electron chi connectivity index (χ2n) is 6.72. The molecule has 0 bridgehead atoms. The van der Waals surface area contributed by atoms with Crippen LogP contribution in [0.2, 0.25) is 0 Å². The summed E-state index contributed by atoms with van der Waals surface area (Å²) in [6.45, 7) is 8.19. The maximum atomic E-state index is 12.5. The number of aromatic nitrogens is 4. The van der Waals surface area contributed by atoms with Crippen LogP contribution < -0.4 is 5.32 Å². The number of amides is 1. The molecule has 2 aromatic heterocycles. The number of para-hydroxylation sites is 1. The predicted octanol–water partition coefficient (Wildman–Crippen LogP) is 3.72. The fourth-order valence-electron chi connectivity index (χ4n) is 2.81. The quantitative estimate of drug-likeness (QED) is 0.719. The lowest BCUT2D eigenvalue weighted by Crippen LogP contribution is -2.15. The van der Waals surface area contributed by atoms with Crippen LogP contribution in [0.25, 0.3) is 5.69 Å². The van der Waals surface area contributed by atoms with Crippen LogP contribution in [0.1, 0.15) is 35.8 Å². The van der Waals surface area contributed by atoms with Crippen molar-refractivity contribution >= 4 is 22.4 Å². The normalized spacial score (nSPS) is 11.1. The van der Waals surface area contributed by atoms with Gasteiger partial charge in [0.15, 0.2) is 0 Å². The Labute approximate surface area is 157 Å². The van der Waals surface area contributed by atoms with Gasteiger partial charge >= 0.3 is 0 Å². The predicted molar refractivity (Wildman–Crippen MR) is 104 cm³/mol. The van der Waals surface area contributed by atoms with Gasteiger partial charge in [-0.25, -0.2) is 4.68 Å². The molecule has 1 aromatic carbocycles. The molecule has 0 aliphatic rings. The van der Waals surface area contributed by atoms with E-state index in [2.05, 4.69) is 34.5 Å². The van der Waals surface area contributed by atoms with E-state index in [1.165, 1.54) is 11.3 Å². The highest BCUT2D eigenvalue weighted by atomic mass is 32.1. The van der Waals surface area contributed by atoms with Gasteiger partial charge in [-0.3, -0.25) is 4.79 Å². The Morgan fingerprint density at radius 2 is 1.92 bits per heavy atom. The average Bonchev–Trinajstić information content (AvgIpc) is 3.14. The van der Waals surface area contributed by atoms with E-state index in [1.807, 2.05) is 48.9 Å².